The summed E-state index contributed by atoms with van der Waals surface area (Å²) in [5.74, 6) is 0.522. The number of esters is 1. The van der Waals surface area contributed by atoms with Crippen LogP contribution in [0.3, 0.4) is 0 Å². The van der Waals surface area contributed by atoms with Crippen molar-refractivity contribution in [3.05, 3.63) is 47.6 Å². The van der Waals surface area contributed by atoms with Crippen LogP contribution >= 0.6 is 0 Å². The summed E-state index contributed by atoms with van der Waals surface area (Å²) in [6.45, 7) is 4.23. The van der Waals surface area contributed by atoms with E-state index in [0.29, 0.717) is 6.61 Å². The number of benzene rings is 1. The van der Waals surface area contributed by atoms with Gasteiger partial charge >= 0.3 is 5.97 Å². The van der Waals surface area contributed by atoms with Crippen LogP contribution in [-0.2, 0) is 9.53 Å². The summed E-state index contributed by atoms with van der Waals surface area (Å²) in [6.07, 6.45) is 6.14. The van der Waals surface area contributed by atoms with Gasteiger partial charge in [-0.3, -0.25) is 0 Å². The Labute approximate surface area is 114 Å². The average molecular weight is 260 g/mol. The molecule has 0 unspecified atom stereocenters. The van der Waals surface area contributed by atoms with E-state index in [1.165, 1.54) is 6.08 Å². The van der Waals surface area contributed by atoms with E-state index in [0.717, 1.165) is 23.3 Å². The first kappa shape index (κ1) is 15.0. The van der Waals surface area contributed by atoms with E-state index in [-0.39, 0.29) is 5.97 Å². The summed E-state index contributed by atoms with van der Waals surface area (Å²) >= 11 is 0. The van der Waals surface area contributed by atoms with Crippen LogP contribution in [0.5, 0.6) is 5.75 Å². The maximum absolute atomic E-state index is 11.2. The molecule has 0 spiro atoms. The second-order valence-corrected chi connectivity index (χ2v) is 3.93. The first-order chi connectivity index (χ1) is 9.19. The molecule has 0 saturated heterocycles. The average Bonchev–Trinajstić information content (AvgIpc) is 2.44. The molecule has 19 heavy (non-hydrogen) atoms. The Kier molecular flexibility index (Phi) is 6.44. The van der Waals surface area contributed by atoms with Crippen molar-refractivity contribution in [2.24, 2.45) is 0 Å². The largest absolute Gasteiger partial charge is 0.497 e. The van der Waals surface area contributed by atoms with Crippen molar-refractivity contribution in [3.8, 4) is 5.75 Å². The number of rotatable bonds is 6. The van der Waals surface area contributed by atoms with Crippen molar-refractivity contribution >= 4 is 12.0 Å². The minimum absolute atomic E-state index is 0.309. The number of allylic oxidation sites excluding steroid dienone is 2. The molecule has 0 heterocycles. The number of methoxy groups -OCH3 is 1. The number of carbonyl (C=O) groups excluding carboxylic acids is 1. The molecule has 3 nitrogen and oxygen atoms in total. The Morgan fingerprint density at radius 3 is 2.37 bits per heavy atom. The Balaban J connectivity index is 2.77. The predicted molar refractivity (Wildman–Crippen MR) is 77.0 cm³/mol. The van der Waals surface area contributed by atoms with Crippen LogP contribution in [-0.4, -0.2) is 19.7 Å². The highest BCUT2D eigenvalue weighted by molar-refractivity contribution is 5.82. The monoisotopic (exact) mass is 260 g/mol. The lowest BCUT2D eigenvalue weighted by Crippen LogP contribution is -1.98. The highest BCUT2D eigenvalue weighted by atomic mass is 16.5. The summed E-state index contributed by atoms with van der Waals surface area (Å²) < 4.78 is 9.96. The third kappa shape index (κ3) is 5.42. The van der Waals surface area contributed by atoms with Crippen molar-refractivity contribution in [3.63, 3.8) is 0 Å². The Morgan fingerprint density at radius 1 is 1.16 bits per heavy atom. The smallest absolute Gasteiger partial charge is 0.330 e. The van der Waals surface area contributed by atoms with Gasteiger partial charge in [0.1, 0.15) is 5.75 Å². The van der Waals surface area contributed by atoms with Gasteiger partial charge in [0.2, 0.25) is 0 Å². The fraction of sp³-hybridized carbons (Fsp3) is 0.312. The molecule has 0 N–H and O–H groups in total. The lowest BCUT2D eigenvalue weighted by molar-refractivity contribution is -0.137. The molecule has 0 aliphatic heterocycles. The quantitative estimate of drug-likeness (QED) is 0.445. The van der Waals surface area contributed by atoms with E-state index in [2.05, 4.69) is 0 Å². The molecule has 1 aromatic carbocycles. The molecule has 0 bridgehead atoms. The molecule has 0 amide bonds. The van der Waals surface area contributed by atoms with E-state index in [9.17, 15) is 4.79 Å². The zero-order valence-corrected chi connectivity index (χ0v) is 11.7. The Bertz CT molecular complexity index is 455. The summed E-state index contributed by atoms with van der Waals surface area (Å²) in [7, 11) is 1.64. The topological polar surface area (TPSA) is 35.5 Å². The van der Waals surface area contributed by atoms with E-state index >= 15 is 0 Å². The third-order valence-electron chi connectivity index (χ3n) is 2.60. The molecule has 0 aliphatic carbocycles. The minimum Gasteiger partial charge on any atom is -0.497 e. The van der Waals surface area contributed by atoms with E-state index in [1.54, 1.807) is 20.1 Å². The minimum atomic E-state index is -0.309. The van der Waals surface area contributed by atoms with Gasteiger partial charge in [0.05, 0.1) is 13.7 Å². The van der Waals surface area contributed by atoms with Crippen LogP contribution in [0.4, 0.5) is 0 Å². The van der Waals surface area contributed by atoms with E-state index < -0.39 is 0 Å². The van der Waals surface area contributed by atoms with Crippen molar-refractivity contribution < 1.29 is 14.3 Å². The number of hydrogen-bond donors (Lipinski definition) is 0. The molecule has 1 rings (SSSR count). The molecular weight excluding hydrogens is 240 g/mol. The van der Waals surface area contributed by atoms with Crippen LogP contribution in [0.2, 0.25) is 0 Å². The predicted octanol–water partition coefficient (Wildman–Crippen LogP) is 3.61. The summed E-state index contributed by atoms with van der Waals surface area (Å²) in [5.41, 5.74) is 2.14. The number of hydrogen-bond acceptors (Lipinski definition) is 3. The van der Waals surface area contributed by atoms with Crippen LogP contribution in [0, 0.1) is 0 Å². The highest BCUT2D eigenvalue weighted by Gasteiger charge is 1.96. The van der Waals surface area contributed by atoms with Gasteiger partial charge in [-0.1, -0.05) is 31.2 Å². The van der Waals surface area contributed by atoms with Crippen LogP contribution in [0.15, 0.2) is 42.0 Å². The second-order valence-electron chi connectivity index (χ2n) is 3.93. The fourth-order valence-corrected chi connectivity index (χ4v) is 1.55. The fourth-order valence-electron chi connectivity index (χ4n) is 1.55. The van der Waals surface area contributed by atoms with Gasteiger partial charge in [-0.2, -0.15) is 0 Å². The van der Waals surface area contributed by atoms with Gasteiger partial charge in [-0.05, 0) is 36.6 Å². The zero-order chi connectivity index (χ0) is 14.1. The molecule has 1 aromatic rings. The van der Waals surface area contributed by atoms with Gasteiger partial charge in [0.15, 0.2) is 0 Å². The second kappa shape index (κ2) is 8.14. The molecule has 0 aromatic heterocycles. The SMILES string of the molecule is CCOC(=O)/C=C/C(=C/c1ccc(OC)cc1)CC. The Morgan fingerprint density at radius 2 is 1.84 bits per heavy atom. The van der Waals surface area contributed by atoms with Crippen LogP contribution in [0.1, 0.15) is 25.8 Å². The molecule has 0 saturated carbocycles. The third-order valence-corrected chi connectivity index (χ3v) is 2.60. The first-order valence-corrected chi connectivity index (χ1v) is 6.39. The molecule has 0 aliphatic rings. The van der Waals surface area contributed by atoms with Crippen LogP contribution in [0.25, 0.3) is 6.08 Å². The zero-order valence-electron chi connectivity index (χ0n) is 11.7. The van der Waals surface area contributed by atoms with Crippen LogP contribution < -0.4 is 4.74 Å². The lowest BCUT2D eigenvalue weighted by atomic mass is 10.1. The maximum atomic E-state index is 11.2. The van der Waals surface area contributed by atoms with Crippen molar-refractivity contribution in [2.75, 3.05) is 13.7 Å². The summed E-state index contributed by atoms with van der Waals surface area (Å²) in [6, 6.07) is 7.78. The molecular formula is C16H20O3. The van der Waals surface area contributed by atoms with Gasteiger partial charge in [-0.15, -0.1) is 0 Å². The van der Waals surface area contributed by atoms with Crippen molar-refractivity contribution in [1.29, 1.82) is 0 Å². The standard InChI is InChI=1S/C16H20O3/c1-4-13(8-11-16(17)19-5-2)12-14-6-9-15(18-3)10-7-14/h6-12H,4-5H2,1-3H3/b11-8+,13-12+. The van der Waals surface area contributed by atoms with Crippen molar-refractivity contribution in [1.82, 2.24) is 0 Å². The number of ether oxygens (including phenoxy) is 2. The molecule has 3 heteroatoms. The lowest BCUT2D eigenvalue weighted by Gasteiger charge is -2.01. The molecule has 0 fully saturated rings. The van der Waals surface area contributed by atoms with E-state index in [4.69, 9.17) is 9.47 Å². The number of carbonyl (C=O) groups is 1. The highest BCUT2D eigenvalue weighted by Crippen LogP contribution is 2.15. The molecule has 102 valence electrons. The molecule has 0 atom stereocenters. The van der Waals surface area contributed by atoms with Gasteiger partial charge in [0.25, 0.3) is 0 Å². The summed E-state index contributed by atoms with van der Waals surface area (Å²) in [4.78, 5) is 11.2. The molecule has 0 radical (unpaired) electrons. The van der Waals surface area contributed by atoms with Gasteiger partial charge in [-0.25, -0.2) is 4.79 Å². The Hall–Kier alpha value is -2.03. The summed E-state index contributed by atoms with van der Waals surface area (Å²) in [5, 5.41) is 0. The van der Waals surface area contributed by atoms with Crippen molar-refractivity contribution in [2.45, 2.75) is 20.3 Å². The van der Waals surface area contributed by atoms with Gasteiger partial charge in [0, 0.05) is 6.08 Å². The first-order valence-electron chi connectivity index (χ1n) is 6.39. The maximum Gasteiger partial charge on any atom is 0.330 e. The normalized spacial score (nSPS) is 11.6. The van der Waals surface area contributed by atoms with E-state index in [1.807, 2.05) is 37.3 Å². The van der Waals surface area contributed by atoms with Gasteiger partial charge < -0.3 is 9.47 Å².